The number of methoxy groups -OCH3 is 2. The van der Waals surface area contributed by atoms with Gasteiger partial charge in [0.2, 0.25) is 0 Å². The predicted molar refractivity (Wildman–Crippen MR) is 147 cm³/mol. The number of alkyl halides is 3. The van der Waals surface area contributed by atoms with Crippen molar-refractivity contribution in [2.45, 2.75) is 61.8 Å². The summed E-state index contributed by atoms with van der Waals surface area (Å²) < 4.78 is 50.7. The van der Waals surface area contributed by atoms with Crippen LogP contribution in [-0.2, 0) is 21.1 Å². The number of carbonyl (C=O) groups is 1. The Labute approximate surface area is 234 Å². The van der Waals surface area contributed by atoms with Gasteiger partial charge in [0.15, 0.2) is 0 Å². The van der Waals surface area contributed by atoms with E-state index >= 15 is 0 Å². The second kappa shape index (κ2) is 11.1. The molecule has 2 aromatic carbocycles. The molecule has 1 amide bonds. The van der Waals surface area contributed by atoms with E-state index in [0.29, 0.717) is 5.56 Å². The molecule has 5 nitrogen and oxygen atoms in total. The van der Waals surface area contributed by atoms with E-state index in [0.717, 1.165) is 69.1 Å². The highest BCUT2D eigenvalue weighted by Crippen LogP contribution is 2.54. The Morgan fingerprint density at radius 3 is 2.50 bits per heavy atom. The van der Waals surface area contributed by atoms with Crippen molar-refractivity contribution in [1.82, 2.24) is 9.80 Å². The summed E-state index contributed by atoms with van der Waals surface area (Å²) in [4.78, 5) is 17.4. The zero-order valence-corrected chi connectivity index (χ0v) is 23.4. The molecule has 0 aromatic heterocycles. The monoisotopic (exact) mass is 554 g/mol. The molecule has 0 unspecified atom stereocenters. The van der Waals surface area contributed by atoms with Gasteiger partial charge in [-0.25, -0.2) is 0 Å². The molecule has 3 fully saturated rings. The highest BCUT2D eigenvalue weighted by atomic mass is 19.4. The molecular formula is C32H37F3N2O3. The number of benzene rings is 2. The normalized spacial score (nSPS) is 26.8. The summed E-state index contributed by atoms with van der Waals surface area (Å²) in [6, 6.07) is 12.7. The maximum atomic E-state index is 13.2. The first kappa shape index (κ1) is 28.5. The Morgan fingerprint density at radius 1 is 1.10 bits per heavy atom. The van der Waals surface area contributed by atoms with Crippen LogP contribution in [0.5, 0.6) is 5.75 Å². The fraction of sp³-hybridized carbons (Fsp3) is 0.531. The van der Waals surface area contributed by atoms with E-state index in [2.05, 4.69) is 28.9 Å². The molecule has 1 saturated heterocycles. The van der Waals surface area contributed by atoms with Gasteiger partial charge in [-0.05, 0) is 92.9 Å². The molecule has 1 aliphatic heterocycles. The Morgan fingerprint density at radius 2 is 1.85 bits per heavy atom. The molecule has 0 bridgehead atoms. The standard InChI is InChI=1S/C32H37F3N2O3/c1-36(29(38)14-11-23-9-12-25(13-10-23)32(33,34)35)27-15-16-31(40-3)22-37(21-24-7-8-24)18-17-30(31,20-27)26-5-4-6-28(19-26)39-2/h4-6,9-10,12-13,19,24,27H,7-8,15-18,20-22H2,1-3H3/t27-,30+,31+/m1/s1. The number of halogens is 3. The van der Waals surface area contributed by atoms with Gasteiger partial charge < -0.3 is 19.3 Å². The van der Waals surface area contributed by atoms with Crippen LogP contribution in [0.3, 0.4) is 0 Å². The van der Waals surface area contributed by atoms with E-state index in [9.17, 15) is 18.0 Å². The van der Waals surface area contributed by atoms with Gasteiger partial charge in [-0.2, -0.15) is 13.2 Å². The summed E-state index contributed by atoms with van der Waals surface area (Å²) in [6.07, 6.45) is 1.43. The van der Waals surface area contributed by atoms with Gasteiger partial charge in [-0.15, -0.1) is 0 Å². The number of nitrogens with zero attached hydrogens (tertiary/aromatic N) is 2. The molecule has 2 aromatic rings. The van der Waals surface area contributed by atoms with Crippen molar-refractivity contribution < 1.29 is 27.4 Å². The molecule has 0 N–H and O–H groups in total. The fourth-order valence-corrected chi connectivity index (χ4v) is 6.76. The van der Waals surface area contributed by atoms with Crippen LogP contribution in [0.15, 0.2) is 48.5 Å². The van der Waals surface area contributed by atoms with E-state index in [4.69, 9.17) is 9.47 Å². The highest BCUT2D eigenvalue weighted by molar-refractivity contribution is 5.94. The molecule has 8 heteroatoms. The van der Waals surface area contributed by atoms with E-state index in [-0.39, 0.29) is 17.4 Å². The number of fused-ring (bicyclic) bond motifs is 1. The molecule has 3 atom stereocenters. The number of carbonyl (C=O) groups excluding carboxylic acids is 1. The average molecular weight is 555 g/mol. The summed E-state index contributed by atoms with van der Waals surface area (Å²) in [7, 11) is 5.26. The predicted octanol–water partition coefficient (Wildman–Crippen LogP) is 5.52. The minimum Gasteiger partial charge on any atom is -0.497 e. The van der Waals surface area contributed by atoms with Gasteiger partial charge in [-0.1, -0.05) is 18.1 Å². The first-order valence-electron chi connectivity index (χ1n) is 14.0. The molecule has 0 spiro atoms. The maximum absolute atomic E-state index is 13.2. The number of rotatable bonds is 6. The molecule has 2 aliphatic carbocycles. The summed E-state index contributed by atoms with van der Waals surface area (Å²) in [6.45, 7) is 2.94. The molecule has 214 valence electrons. The lowest BCUT2D eigenvalue weighted by atomic mass is 9.55. The second-order valence-electron chi connectivity index (χ2n) is 11.6. The fourth-order valence-electron chi connectivity index (χ4n) is 6.76. The molecule has 5 rings (SSSR count). The minimum atomic E-state index is -4.41. The van der Waals surface area contributed by atoms with Crippen molar-refractivity contribution in [2.75, 3.05) is 40.9 Å². The second-order valence-corrected chi connectivity index (χ2v) is 11.6. The Bertz CT molecular complexity index is 1280. The van der Waals surface area contributed by atoms with Gasteiger partial charge >= 0.3 is 6.18 Å². The smallest absolute Gasteiger partial charge is 0.416 e. The van der Waals surface area contributed by atoms with Crippen LogP contribution < -0.4 is 4.74 Å². The van der Waals surface area contributed by atoms with E-state index in [1.54, 1.807) is 19.1 Å². The minimum absolute atomic E-state index is 0.0566. The summed E-state index contributed by atoms with van der Waals surface area (Å²) >= 11 is 0. The zero-order chi connectivity index (χ0) is 28.5. The lowest BCUT2D eigenvalue weighted by Gasteiger charge is -2.60. The third-order valence-electron chi connectivity index (χ3n) is 9.29. The van der Waals surface area contributed by atoms with Gasteiger partial charge in [-0.3, -0.25) is 4.79 Å². The topological polar surface area (TPSA) is 42.0 Å². The van der Waals surface area contributed by atoms with Gasteiger partial charge in [0.1, 0.15) is 5.75 Å². The number of hydrogen-bond donors (Lipinski definition) is 0. The van der Waals surface area contributed by atoms with Crippen molar-refractivity contribution in [1.29, 1.82) is 0 Å². The SMILES string of the molecule is COc1cccc([C@@]23CCN(CC4CC4)C[C@@]2(OC)CC[C@@H](N(C)C(=O)C#Cc2ccc(C(F)(F)F)cc2)C3)c1. The molecule has 0 radical (unpaired) electrons. The van der Waals surface area contributed by atoms with Crippen LogP contribution in [-0.4, -0.2) is 68.3 Å². The summed E-state index contributed by atoms with van der Waals surface area (Å²) in [5.41, 5.74) is 0.0955. The summed E-state index contributed by atoms with van der Waals surface area (Å²) in [5, 5.41) is 0. The van der Waals surface area contributed by atoms with Crippen LogP contribution in [0.1, 0.15) is 55.2 Å². The van der Waals surface area contributed by atoms with Crippen molar-refractivity contribution >= 4 is 5.91 Å². The van der Waals surface area contributed by atoms with Gasteiger partial charge in [0.05, 0.1) is 18.3 Å². The van der Waals surface area contributed by atoms with Crippen LogP contribution in [0, 0.1) is 17.8 Å². The third kappa shape index (κ3) is 5.59. The van der Waals surface area contributed by atoms with E-state index in [1.807, 2.05) is 19.2 Å². The van der Waals surface area contributed by atoms with Crippen molar-refractivity contribution in [3.63, 3.8) is 0 Å². The van der Waals surface area contributed by atoms with Crippen molar-refractivity contribution in [2.24, 2.45) is 5.92 Å². The molecule has 3 aliphatic rings. The molecule has 1 heterocycles. The maximum Gasteiger partial charge on any atom is 0.416 e. The largest absolute Gasteiger partial charge is 0.497 e. The Balaban J connectivity index is 1.39. The summed E-state index contributed by atoms with van der Waals surface area (Å²) in [5.74, 6) is 6.64. The first-order chi connectivity index (χ1) is 19.1. The quantitative estimate of drug-likeness (QED) is 0.442. The van der Waals surface area contributed by atoms with Gasteiger partial charge in [0.25, 0.3) is 5.91 Å². The lowest BCUT2D eigenvalue weighted by molar-refractivity contribution is -0.159. The number of hydrogen-bond acceptors (Lipinski definition) is 4. The Hall–Kier alpha value is -3.02. The van der Waals surface area contributed by atoms with Gasteiger partial charge in [0, 0.05) is 50.2 Å². The molecule has 40 heavy (non-hydrogen) atoms. The molecular weight excluding hydrogens is 517 g/mol. The first-order valence-corrected chi connectivity index (χ1v) is 14.0. The molecule has 2 saturated carbocycles. The Kier molecular flexibility index (Phi) is 7.91. The van der Waals surface area contributed by atoms with Crippen LogP contribution in [0.25, 0.3) is 0 Å². The lowest BCUT2D eigenvalue weighted by Crippen LogP contribution is -2.68. The highest BCUT2D eigenvalue weighted by Gasteiger charge is 2.59. The average Bonchev–Trinajstić information content (AvgIpc) is 3.79. The number of amides is 1. The van der Waals surface area contributed by atoms with E-state index in [1.165, 1.54) is 30.5 Å². The zero-order valence-electron chi connectivity index (χ0n) is 23.4. The number of likely N-dealkylation sites (tertiary alicyclic amines) is 1. The number of ether oxygens (including phenoxy) is 2. The van der Waals surface area contributed by atoms with E-state index < -0.39 is 17.3 Å². The van der Waals surface area contributed by atoms with Crippen LogP contribution in [0.4, 0.5) is 13.2 Å². The number of piperidine rings is 1. The van der Waals surface area contributed by atoms with Crippen LogP contribution >= 0.6 is 0 Å². The third-order valence-corrected chi connectivity index (χ3v) is 9.29. The van der Waals surface area contributed by atoms with Crippen molar-refractivity contribution in [3.8, 4) is 17.6 Å². The van der Waals surface area contributed by atoms with Crippen LogP contribution in [0.2, 0.25) is 0 Å². The van der Waals surface area contributed by atoms with Crippen molar-refractivity contribution in [3.05, 3.63) is 65.2 Å².